The monoisotopic (exact) mass is 659 g/mol. The molecule has 19 heteroatoms. The molecule has 0 spiro atoms. The summed E-state index contributed by atoms with van der Waals surface area (Å²) in [6, 6.07) is -2.23. The second kappa shape index (κ2) is 15.5. The Kier molecular flexibility index (Phi) is 12.7. The number of rotatable bonds is 10. The van der Waals surface area contributed by atoms with Gasteiger partial charge in [-0.2, -0.15) is 0 Å². The summed E-state index contributed by atoms with van der Waals surface area (Å²) < 4.78 is 21.7. The van der Waals surface area contributed by atoms with Crippen LogP contribution < -0.4 is 5.32 Å². The maximum atomic E-state index is 11.0. The van der Waals surface area contributed by atoms with Crippen molar-refractivity contribution in [1.82, 2.24) is 5.32 Å². The van der Waals surface area contributed by atoms with Gasteiger partial charge in [0.15, 0.2) is 12.6 Å². The average Bonchev–Trinajstić information content (AvgIpc) is 3.03. The Balaban J connectivity index is 1.44. The lowest BCUT2D eigenvalue weighted by Crippen LogP contribution is -2.66. The maximum absolute atomic E-state index is 11.0. The molecule has 0 amide bonds. The first kappa shape index (κ1) is 36.8. The lowest BCUT2D eigenvalue weighted by molar-refractivity contribution is -0.328. The molecule has 2 aliphatic heterocycles. The van der Waals surface area contributed by atoms with Crippen molar-refractivity contribution in [2.45, 2.75) is 117 Å². The molecule has 1 saturated carbocycles. The molecule has 19 atom stereocenters. The molecule has 3 fully saturated rings. The van der Waals surface area contributed by atoms with Crippen LogP contribution in [0.5, 0.6) is 0 Å². The van der Waals surface area contributed by atoms with E-state index in [1.807, 2.05) is 0 Å². The van der Waals surface area contributed by atoms with Crippen LogP contribution in [0.25, 0.3) is 0 Å². The van der Waals surface area contributed by atoms with Crippen LogP contribution in [-0.2, 0) is 18.9 Å². The molecule has 19 unspecified atom stereocenters. The largest absolute Gasteiger partial charge is 0.396 e. The van der Waals surface area contributed by atoms with Crippen molar-refractivity contribution in [2.75, 3.05) is 26.4 Å². The van der Waals surface area contributed by atoms with Gasteiger partial charge < -0.3 is 95.8 Å². The SMILES string of the molecule is OCC1CC(NC2C=C(COC3OC(CO)C(O)C(O)C3O)C(O)C(O)C2O)C(O)C(O)C1OC1OC(CO)C(O)C(O)C1O. The Morgan fingerprint density at radius 2 is 1.18 bits per heavy atom. The van der Waals surface area contributed by atoms with Gasteiger partial charge in [-0.05, 0) is 12.0 Å². The van der Waals surface area contributed by atoms with Crippen LogP contribution in [0, 0.1) is 5.92 Å². The van der Waals surface area contributed by atoms with E-state index in [1.165, 1.54) is 6.08 Å². The van der Waals surface area contributed by atoms with E-state index in [1.54, 1.807) is 0 Å². The minimum atomic E-state index is -1.80. The van der Waals surface area contributed by atoms with E-state index >= 15 is 0 Å². The van der Waals surface area contributed by atoms with Crippen LogP contribution in [0.15, 0.2) is 11.6 Å². The van der Waals surface area contributed by atoms with Crippen molar-refractivity contribution >= 4 is 0 Å². The predicted octanol–water partition coefficient (Wildman–Crippen LogP) is -8.93. The molecule has 0 aromatic rings. The Labute approximate surface area is 256 Å². The molecule has 19 nitrogen and oxygen atoms in total. The third kappa shape index (κ3) is 7.52. The summed E-state index contributed by atoms with van der Waals surface area (Å²) >= 11 is 0. The van der Waals surface area contributed by atoms with E-state index in [0.717, 1.165) is 0 Å². The summed E-state index contributed by atoms with van der Waals surface area (Å²) in [5.41, 5.74) is -0.0179. The normalized spacial score (nSPS) is 51.2. The van der Waals surface area contributed by atoms with Gasteiger partial charge >= 0.3 is 0 Å². The average molecular weight is 660 g/mol. The van der Waals surface area contributed by atoms with Gasteiger partial charge in [-0.1, -0.05) is 6.08 Å². The van der Waals surface area contributed by atoms with Crippen molar-refractivity contribution in [3.63, 3.8) is 0 Å². The molecule has 4 aliphatic rings. The minimum Gasteiger partial charge on any atom is -0.396 e. The molecule has 2 saturated heterocycles. The number of aliphatic hydroxyl groups excluding tert-OH is 14. The van der Waals surface area contributed by atoms with E-state index < -0.39 is 142 Å². The fourth-order valence-electron chi connectivity index (χ4n) is 6.14. The highest BCUT2D eigenvalue weighted by Gasteiger charge is 2.51. The quantitative estimate of drug-likeness (QED) is 0.0968. The second-order valence-corrected chi connectivity index (χ2v) is 11.9. The van der Waals surface area contributed by atoms with Gasteiger partial charge in [0.25, 0.3) is 0 Å². The van der Waals surface area contributed by atoms with Crippen molar-refractivity contribution in [2.24, 2.45) is 5.92 Å². The number of aliphatic hydroxyl groups is 14. The first-order chi connectivity index (χ1) is 21.2. The highest BCUT2D eigenvalue weighted by molar-refractivity contribution is 5.22. The second-order valence-electron chi connectivity index (χ2n) is 11.9. The van der Waals surface area contributed by atoms with Crippen molar-refractivity contribution in [3.8, 4) is 0 Å². The number of nitrogens with one attached hydrogen (secondary N) is 1. The van der Waals surface area contributed by atoms with Crippen LogP contribution in [0.3, 0.4) is 0 Å². The smallest absolute Gasteiger partial charge is 0.187 e. The zero-order chi connectivity index (χ0) is 33.3. The van der Waals surface area contributed by atoms with E-state index in [-0.39, 0.29) is 12.0 Å². The molecule has 2 heterocycles. The van der Waals surface area contributed by atoms with E-state index in [9.17, 15) is 71.5 Å². The lowest BCUT2D eigenvalue weighted by atomic mass is 9.78. The summed E-state index contributed by atoms with van der Waals surface area (Å²) in [7, 11) is 0. The summed E-state index contributed by atoms with van der Waals surface area (Å²) in [5.74, 6) is -0.928. The van der Waals surface area contributed by atoms with Crippen LogP contribution in [0.1, 0.15) is 6.42 Å². The third-order valence-corrected chi connectivity index (χ3v) is 8.98. The molecule has 262 valence electrons. The van der Waals surface area contributed by atoms with Gasteiger partial charge in [0.05, 0.1) is 38.1 Å². The topological polar surface area (TPSA) is 332 Å². The van der Waals surface area contributed by atoms with E-state index in [4.69, 9.17) is 18.9 Å². The number of ether oxygens (including phenoxy) is 4. The van der Waals surface area contributed by atoms with E-state index in [0.29, 0.717) is 0 Å². The van der Waals surface area contributed by atoms with Crippen molar-refractivity contribution in [3.05, 3.63) is 11.6 Å². The Hall–Kier alpha value is -1.02. The third-order valence-electron chi connectivity index (χ3n) is 8.98. The zero-order valence-corrected chi connectivity index (χ0v) is 24.0. The number of hydrogen-bond acceptors (Lipinski definition) is 19. The summed E-state index contributed by atoms with van der Waals surface area (Å²) in [4.78, 5) is 0. The highest BCUT2D eigenvalue weighted by atomic mass is 16.7. The summed E-state index contributed by atoms with van der Waals surface area (Å²) in [5, 5.41) is 146. The van der Waals surface area contributed by atoms with Gasteiger partial charge in [0.2, 0.25) is 0 Å². The molecular weight excluding hydrogens is 614 g/mol. The van der Waals surface area contributed by atoms with Gasteiger partial charge in [-0.3, -0.25) is 0 Å². The molecule has 0 aromatic carbocycles. The van der Waals surface area contributed by atoms with Crippen LogP contribution >= 0.6 is 0 Å². The van der Waals surface area contributed by atoms with Gasteiger partial charge in [0, 0.05) is 18.6 Å². The molecule has 2 aliphatic carbocycles. The predicted molar refractivity (Wildman–Crippen MR) is 142 cm³/mol. The van der Waals surface area contributed by atoms with Gasteiger partial charge in [-0.25, -0.2) is 0 Å². The van der Waals surface area contributed by atoms with Crippen LogP contribution in [-0.4, -0.2) is 208 Å². The van der Waals surface area contributed by atoms with Crippen molar-refractivity contribution in [1.29, 1.82) is 0 Å². The van der Waals surface area contributed by atoms with Gasteiger partial charge in [0.1, 0.15) is 73.2 Å². The first-order valence-electron chi connectivity index (χ1n) is 14.6. The first-order valence-corrected chi connectivity index (χ1v) is 14.6. The molecular formula is C26H45NO18. The van der Waals surface area contributed by atoms with E-state index in [2.05, 4.69) is 5.32 Å². The molecule has 4 rings (SSSR count). The summed E-state index contributed by atoms with van der Waals surface area (Å²) in [6.45, 7) is -2.56. The molecule has 0 radical (unpaired) electrons. The van der Waals surface area contributed by atoms with Crippen molar-refractivity contribution < 1.29 is 90.4 Å². The standard InChI is InChI=1S/C26H45NO18/c28-3-7-1-9(15(33)21(39)24(7)45-26-23(41)20(38)17(35)12(5-30)44-26)27-10-2-8(13(31)18(36)14(10)32)6-42-25-22(40)19(37)16(34)11(4-29)43-25/h2,7,9-41H,1,3-6H2. The Morgan fingerprint density at radius 1 is 0.622 bits per heavy atom. The molecule has 45 heavy (non-hydrogen) atoms. The maximum Gasteiger partial charge on any atom is 0.187 e. The van der Waals surface area contributed by atoms with Crippen LogP contribution in [0.2, 0.25) is 0 Å². The lowest BCUT2D eigenvalue weighted by Gasteiger charge is -2.47. The highest BCUT2D eigenvalue weighted by Crippen LogP contribution is 2.33. The zero-order valence-electron chi connectivity index (χ0n) is 24.0. The minimum absolute atomic E-state index is 0.0179. The molecule has 15 N–H and O–H groups in total. The molecule has 0 bridgehead atoms. The van der Waals surface area contributed by atoms with Crippen LogP contribution in [0.4, 0.5) is 0 Å². The number of hydrogen-bond donors (Lipinski definition) is 15. The fourth-order valence-corrected chi connectivity index (χ4v) is 6.14. The Morgan fingerprint density at radius 3 is 1.73 bits per heavy atom. The fraction of sp³-hybridized carbons (Fsp3) is 0.923. The summed E-state index contributed by atoms with van der Waals surface area (Å²) in [6.07, 6.45) is -24.7. The Bertz CT molecular complexity index is 972. The molecule has 0 aromatic heterocycles. The van der Waals surface area contributed by atoms with Gasteiger partial charge in [-0.15, -0.1) is 0 Å².